The maximum absolute atomic E-state index is 12.9. The quantitative estimate of drug-likeness (QED) is 0.500. The molecule has 24 heavy (non-hydrogen) atoms. The molecule has 0 spiro atoms. The maximum Gasteiger partial charge on any atom is 0.264 e. The Morgan fingerprint density at radius 2 is 2.12 bits per heavy atom. The number of carbonyl (C=O) groups excluding carboxylic acids is 1. The summed E-state index contributed by atoms with van der Waals surface area (Å²) in [5.74, 6) is 1.21. The van der Waals surface area contributed by atoms with E-state index in [4.69, 9.17) is 16.0 Å². The summed E-state index contributed by atoms with van der Waals surface area (Å²) in [5.41, 5.74) is 3.47. The molecule has 0 radical (unpaired) electrons. The zero-order chi connectivity index (χ0) is 17.3. The van der Waals surface area contributed by atoms with Gasteiger partial charge in [0.05, 0.1) is 0 Å². The average Bonchev–Trinajstić information content (AvgIpc) is 3.12. The largest absolute Gasteiger partial charge is 0.419 e. The number of benzene rings is 1. The third kappa shape index (κ3) is 3.16. The highest BCUT2D eigenvalue weighted by Crippen LogP contribution is 2.29. The van der Waals surface area contributed by atoms with Gasteiger partial charge in [-0.25, -0.2) is 0 Å². The number of carbonyl (C=O) groups is 1. The molecule has 0 saturated carbocycles. The Kier molecular flexibility index (Phi) is 4.87. The van der Waals surface area contributed by atoms with Gasteiger partial charge in [-0.2, -0.15) is 0 Å². The number of nitrogens with zero attached hydrogens (tertiary/aromatic N) is 2. The van der Waals surface area contributed by atoms with Gasteiger partial charge >= 0.3 is 0 Å². The maximum atomic E-state index is 12.9. The predicted octanol–water partition coefficient (Wildman–Crippen LogP) is 4.46. The summed E-state index contributed by atoms with van der Waals surface area (Å²) < 4.78 is 6.47. The summed E-state index contributed by atoms with van der Waals surface area (Å²) in [5, 5.41) is 8.01. The van der Waals surface area contributed by atoms with E-state index in [0.29, 0.717) is 40.9 Å². The minimum Gasteiger partial charge on any atom is -0.419 e. The Bertz CT molecular complexity index is 901. The number of ketones is 1. The monoisotopic (exact) mass is 407 g/mol. The van der Waals surface area contributed by atoms with Crippen molar-refractivity contribution >= 4 is 33.3 Å². The lowest BCUT2D eigenvalue weighted by Crippen LogP contribution is -2.03. The average molecular weight is 409 g/mol. The van der Waals surface area contributed by atoms with Crippen LogP contribution < -0.4 is 0 Å². The van der Waals surface area contributed by atoms with Gasteiger partial charge in [0.25, 0.3) is 5.89 Å². The van der Waals surface area contributed by atoms with Crippen LogP contribution in [0.4, 0.5) is 0 Å². The first kappa shape index (κ1) is 16.9. The van der Waals surface area contributed by atoms with E-state index in [-0.39, 0.29) is 5.78 Å². The lowest BCUT2D eigenvalue weighted by Gasteiger charge is -2.03. The van der Waals surface area contributed by atoms with Gasteiger partial charge in [0.15, 0.2) is 5.78 Å². The Hall–Kier alpha value is -1.92. The number of halogens is 2. The minimum atomic E-state index is -0.0469. The number of aromatic amines is 1. The van der Waals surface area contributed by atoms with Gasteiger partial charge in [-0.1, -0.05) is 28.1 Å². The molecule has 1 N–H and O–H groups in total. The van der Waals surface area contributed by atoms with Crippen LogP contribution in [0.3, 0.4) is 0 Å². The number of H-pyrrole nitrogens is 1. The second kappa shape index (κ2) is 6.91. The molecule has 0 saturated heterocycles. The van der Waals surface area contributed by atoms with Gasteiger partial charge in [-0.05, 0) is 31.5 Å². The van der Waals surface area contributed by atoms with E-state index < -0.39 is 0 Å². The van der Waals surface area contributed by atoms with Crippen LogP contribution in [-0.2, 0) is 6.42 Å². The first-order valence-corrected chi connectivity index (χ1v) is 8.72. The molecule has 3 rings (SSSR count). The lowest BCUT2D eigenvalue weighted by atomic mass is 10.00. The van der Waals surface area contributed by atoms with E-state index in [1.165, 1.54) is 0 Å². The van der Waals surface area contributed by atoms with Crippen LogP contribution in [-0.4, -0.2) is 26.8 Å². The van der Waals surface area contributed by atoms with Crippen molar-refractivity contribution in [1.29, 1.82) is 0 Å². The predicted molar refractivity (Wildman–Crippen MR) is 95.6 cm³/mol. The van der Waals surface area contributed by atoms with Gasteiger partial charge in [0.1, 0.15) is 5.69 Å². The first-order chi connectivity index (χ1) is 11.5. The number of aromatic nitrogens is 3. The summed E-state index contributed by atoms with van der Waals surface area (Å²) in [6.45, 7) is 3.73. The van der Waals surface area contributed by atoms with Gasteiger partial charge in [-0.3, -0.25) is 4.79 Å². The van der Waals surface area contributed by atoms with Crippen molar-refractivity contribution in [2.75, 3.05) is 5.88 Å². The van der Waals surface area contributed by atoms with Gasteiger partial charge in [0, 0.05) is 33.6 Å². The van der Waals surface area contributed by atoms with Crippen LogP contribution in [0, 0.1) is 13.8 Å². The van der Waals surface area contributed by atoms with E-state index in [0.717, 1.165) is 15.7 Å². The van der Waals surface area contributed by atoms with Crippen molar-refractivity contribution in [3.63, 3.8) is 0 Å². The van der Waals surface area contributed by atoms with Crippen molar-refractivity contribution in [2.45, 2.75) is 20.3 Å². The fraction of sp³-hybridized carbons (Fsp3) is 0.235. The van der Waals surface area contributed by atoms with Gasteiger partial charge in [-0.15, -0.1) is 21.8 Å². The summed E-state index contributed by atoms with van der Waals surface area (Å²) in [6.07, 6.45) is 0.511. The smallest absolute Gasteiger partial charge is 0.264 e. The third-order valence-corrected chi connectivity index (χ3v) is 4.42. The number of nitrogens with one attached hydrogen (secondary N) is 1. The molecule has 2 aromatic heterocycles. The third-order valence-electron chi connectivity index (χ3n) is 3.74. The molecule has 0 aliphatic rings. The number of hydrogen-bond acceptors (Lipinski definition) is 4. The standard InChI is InChI=1S/C17H15BrClN3O2/c1-9-14(16(23)11-4-3-5-12(18)8-11)10(2)20-15(9)17-22-21-13(24-17)6-7-19/h3-5,8,20H,6-7H2,1-2H3. The van der Waals surface area contributed by atoms with E-state index in [9.17, 15) is 4.79 Å². The minimum absolute atomic E-state index is 0.0469. The van der Waals surface area contributed by atoms with Crippen molar-refractivity contribution in [3.05, 3.63) is 57.0 Å². The van der Waals surface area contributed by atoms with Crippen LogP contribution in [0.15, 0.2) is 33.2 Å². The summed E-state index contributed by atoms with van der Waals surface area (Å²) in [6, 6.07) is 7.32. The van der Waals surface area contributed by atoms with E-state index in [1.807, 2.05) is 26.0 Å². The van der Waals surface area contributed by atoms with Crippen LogP contribution in [0.2, 0.25) is 0 Å². The van der Waals surface area contributed by atoms with E-state index in [1.54, 1.807) is 12.1 Å². The Morgan fingerprint density at radius 3 is 2.83 bits per heavy atom. The van der Waals surface area contributed by atoms with Crippen LogP contribution in [0.1, 0.15) is 33.1 Å². The highest BCUT2D eigenvalue weighted by Gasteiger charge is 2.23. The molecule has 3 aromatic rings. The van der Waals surface area contributed by atoms with Crippen LogP contribution in [0.25, 0.3) is 11.6 Å². The summed E-state index contributed by atoms with van der Waals surface area (Å²) in [4.78, 5) is 16.1. The SMILES string of the molecule is Cc1[nH]c(-c2nnc(CCCl)o2)c(C)c1C(=O)c1cccc(Br)c1. The molecule has 0 bridgehead atoms. The number of hydrogen-bond donors (Lipinski definition) is 1. The van der Waals surface area contributed by atoms with Crippen molar-refractivity contribution in [2.24, 2.45) is 0 Å². The highest BCUT2D eigenvalue weighted by atomic mass is 79.9. The molecule has 0 atom stereocenters. The second-order valence-electron chi connectivity index (χ2n) is 5.40. The van der Waals surface area contributed by atoms with Crippen LogP contribution >= 0.6 is 27.5 Å². The Morgan fingerprint density at radius 1 is 1.33 bits per heavy atom. The molecule has 7 heteroatoms. The van der Waals surface area contributed by atoms with Crippen molar-refractivity contribution in [1.82, 2.24) is 15.2 Å². The van der Waals surface area contributed by atoms with Gasteiger partial charge in [0.2, 0.25) is 5.89 Å². The fourth-order valence-corrected chi connectivity index (χ4v) is 3.18. The molecule has 0 fully saturated rings. The molecule has 0 unspecified atom stereocenters. The number of aryl methyl sites for hydroxylation is 2. The zero-order valence-electron chi connectivity index (χ0n) is 13.2. The molecule has 2 heterocycles. The molecule has 124 valence electrons. The van der Waals surface area contributed by atoms with Crippen molar-refractivity contribution < 1.29 is 9.21 Å². The van der Waals surface area contributed by atoms with E-state index in [2.05, 4.69) is 31.1 Å². The second-order valence-corrected chi connectivity index (χ2v) is 6.70. The topological polar surface area (TPSA) is 71.8 Å². The fourth-order valence-electron chi connectivity index (χ4n) is 2.62. The van der Waals surface area contributed by atoms with Crippen LogP contribution in [0.5, 0.6) is 0 Å². The highest BCUT2D eigenvalue weighted by molar-refractivity contribution is 9.10. The molecule has 0 aliphatic carbocycles. The Labute approximate surface area is 152 Å². The molecule has 5 nitrogen and oxygen atoms in total. The molecular formula is C17H15BrClN3O2. The van der Waals surface area contributed by atoms with Gasteiger partial charge < -0.3 is 9.40 Å². The zero-order valence-corrected chi connectivity index (χ0v) is 15.5. The molecule has 0 aliphatic heterocycles. The molecular weight excluding hydrogens is 394 g/mol. The lowest BCUT2D eigenvalue weighted by molar-refractivity contribution is 0.103. The normalized spacial score (nSPS) is 11.0. The summed E-state index contributed by atoms with van der Waals surface area (Å²) in [7, 11) is 0. The van der Waals surface area contributed by atoms with E-state index >= 15 is 0 Å². The molecule has 0 amide bonds. The van der Waals surface area contributed by atoms with Crippen molar-refractivity contribution in [3.8, 4) is 11.6 Å². The number of rotatable bonds is 5. The first-order valence-electron chi connectivity index (χ1n) is 7.39. The molecule has 1 aromatic carbocycles. The Balaban J connectivity index is 2.01. The number of alkyl halides is 1. The summed E-state index contributed by atoms with van der Waals surface area (Å²) >= 11 is 9.09.